The molecule has 0 bridgehead atoms. The topological polar surface area (TPSA) is 66.8 Å². The maximum atomic E-state index is 12.9. The Morgan fingerprint density at radius 2 is 1.84 bits per heavy atom. The zero-order valence-electron chi connectivity index (χ0n) is 14.4. The first-order valence-electron chi connectivity index (χ1n) is 8.33. The Labute approximate surface area is 146 Å². The summed E-state index contributed by atoms with van der Waals surface area (Å²) in [4.78, 5) is 27.2. The Kier molecular flexibility index (Phi) is 4.59. The first-order chi connectivity index (χ1) is 12.0. The summed E-state index contributed by atoms with van der Waals surface area (Å²) in [5, 5.41) is 11.2. The van der Waals surface area contributed by atoms with Crippen LogP contribution in [0.3, 0.4) is 0 Å². The van der Waals surface area contributed by atoms with Crippen LogP contribution in [0.5, 0.6) is 5.75 Å². The van der Waals surface area contributed by atoms with Crippen molar-refractivity contribution in [3.05, 3.63) is 59.7 Å². The standard InChI is InChI=1S/C20H21NO4/c1-3-12-21-16-10-6-5-9-15(16)20(24,19(21)23)13-17(22)14-8-4-7-11-18(14)25-2/h4-11,24H,3,12-13H2,1-2H3. The summed E-state index contributed by atoms with van der Waals surface area (Å²) >= 11 is 0. The number of ketones is 1. The van der Waals surface area contributed by atoms with Crippen molar-refractivity contribution in [2.24, 2.45) is 0 Å². The van der Waals surface area contributed by atoms with E-state index in [4.69, 9.17) is 4.74 Å². The van der Waals surface area contributed by atoms with Crippen LogP contribution < -0.4 is 9.64 Å². The van der Waals surface area contributed by atoms with Crippen molar-refractivity contribution in [2.75, 3.05) is 18.6 Å². The van der Waals surface area contributed by atoms with Gasteiger partial charge in [-0.1, -0.05) is 37.3 Å². The molecule has 0 saturated heterocycles. The highest BCUT2D eigenvalue weighted by Crippen LogP contribution is 2.43. The highest BCUT2D eigenvalue weighted by Gasteiger charge is 2.50. The van der Waals surface area contributed by atoms with Crippen LogP contribution in [0, 0.1) is 0 Å². The van der Waals surface area contributed by atoms with Gasteiger partial charge in [0, 0.05) is 12.1 Å². The zero-order valence-corrected chi connectivity index (χ0v) is 14.4. The Hall–Kier alpha value is -2.66. The summed E-state index contributed by atoms with van der Waals surface area (Å²) in [6, 6.07) is 13.9. The van der Waals surface area contributed by atoms with E-state index < -0.39 is 11.5 Å². The molecule has 0 aromatic heterocycles. The molecule has 1 aliphatic rings. The first-order valence-corrected chi connectivity index (χ1v) is 8.33. The van der Waals surface area contributed by atoms with Crippen LogP contribution in [0.2, 0.25) is 0 Å². The van der Waals surface area contributed by atoms with E-state index in [1.807, 2.05) is 13.0 Å². The number of Topliss-reactive ketones (excluding diaryl/α,β-unsaturated/α-hetero) is 1. The number of hydrogen-bond acceptors (Lipinski definition) is 4. The maximum absolute atomic E-state index is 12.9. The van der Waals surface area contributed by atoms with Crippen molar-refractivity contribution < 1.29 is 19.4 Å². The van der Waals surface area contributed by atoms with Crippen LogP contribution in [0.15, 0.2) is 48.5 Å². The number of methoxy groups -OCH3 is 1. The number of hydrogen-bond donors (Lipinski definition) is 1. The van der Waals surface area contributed by atoms with E-state index in [0.29, 0.717) is 29.1 Å². The molecule has 0 aliphatic carbocycles. The molecule has 25 heavy (non-hydrogen) atoms. The smallest absolute Gasteiger partial charge is 0.264 e. The number of amides is 1. The highest BCUT2D eigenvalue weighted by atomic mass is 16.5. The number of benzene rings is 2. The Balaban J connectivity index is 1.98. The number of fused-ring (bicyclic) bond motifs is 1. The molecule has 0 fully saturated rings. The fourth-order valence-electron chi connectivity index (χ4n) is 3.33. The lowest BCUT2D eigenvalue weighted by molar-refractivity contribution is -0.135. The number of aliphatic hydroxyl groups is 1. The van der Waals surface area contributed by atoms with Gasteiger partial charge in [-0.2, -0.15) is 0 Å². The predicted molar refractivity (Wildman–Crippen MR) is 94.9 cm³/mol. The molecule has 130 valence electrons. The van der Waals surface area contributed by atoms with Gasteiger partial charge >= 0.3 is 0 Å². The van der Waals surface area contributed by atoms with Crippen LogP contribution >= 0.6 is 0 Å². The molecule has 0 spiro atoms. The van der Waals surface area contributed by atoms with Gasteiger partial charge in [0.1, 0.15) is 5.75 Å². The van der Waals surface area contributed by atoms with Crippen LogP contribution in [-0.4, -0.2) is 30.5 Å². The van der Waals surface area contributed by atoms with Gasteiger partial charge in [0.25, 0.3) is 5.91 Å². The largest absolute Gasteiger partial charge is 0.496 e. The SMILES string of the molecule is CCCN1C(=O)C(O)(CC(=O)c2ccccc2OC)c2ccccc21. The third kappa shape index (κ3) is 2.81. The number of anilines is 1. The number of para-hydroxylation sites is 2. The van der Waals surface area contributed by atoms with Gasteiger partial charge in [-0.15, -0.1) is 0 Å². The predicted octanol–water partition coefficient (Wildman–Crippen LogP) is 2.91. The molecule has 5 nitrogen and oxygen atoms in total. The molecule has 2 aromatic rings. The molecule has 2 aromatic carbocycles. The summed E-state index contributed by atoms with van der Waals surface area (Å²) in [6.45, 7) is 2.47. The number of carbonyl (C=O) groups excluding carboxylic acids is 2. The van der Waals surface area contributed by atoms with E-state index in [0.717, 1.165) is 6.42 Å². The van der Waals surface area contributed by atoms with Crippen molar-refractivity contribution >= 4 is 17.4 Å². The van der Waals surface area contributed by atoms with Crippen LogP contribution in [0.4, 0.5) is 5.69 Å². The van der Waals surface area contributed by atoms with Crippen LogP contribution in [-0.2, 0) is 10.4 Å². The molecule has 1 amide bonds. The lowest BCUT2D eigenvalue weighted by Crippen LogP contribution is -2.42. The number of carbonyl (C=O) groups is 2. The van der Waals surface area contributed by atoms with Crippen molar-refractivity contribution in [1.29, 1.82) is 0 Å². The quantitative estimate of drug-likeness (QED) is 0.822. The Bertz CT molecular complexity index is 817. The monoisotopic (exact) mass is 339 g/mol. The van der Waals surface area contributed by atoms with E-state index in [9.17, 15) is 14.7 Å². The van der Waals surface area contributed by atoms with E-state index >= 15 is 0 Å². The van der Waals surface area contributed by atoms with Gasteiger partial charge in [0.05, 0.1) is 24.8 Å². The van der Waals surface area contributed by atoms with Crippen molar-refractivity contribution in [3.8, 4) is 5.75 Å². The summed E-state index contributed by atoms with van der Waals surface area (Å²) in [5.74, 6) is -0.347. The summed E-state index contributed by atoms with van der Waals surface area (Å²) in [5.41, 5.74) is -0.331. The lowest BCUT2D eigenvalue weighted by Gasteiger charge is -2.22. The van der Waals surface area contributed by atoms with Gasteiger partial charge < -0.3 is 14.7 Å². The Morgan fingerprint density at radius 3 is 2.56 bits per heavy atom. The third-order valence-electron chi connectivity index (χ3n) is 4.51. The van der Waals surface area contributed by atoms with Gasteiger partial charge in [-0.25, -0.2) is 0 Å². The van der Waals surface area contributed by atoms with Crippen LogP contribution in [0.25, 0.3) is 0 Å². The fraction of sp³-hybridized carbons (Fsp3) is 0.300. The van der Waals surface area contributed by atoms with Gasteiger partial charge in [-0.05, 0) is 24.6 Å². The average molecular weight is 339 g/mol. The minimum absolute atomic E-state index is 0.316. The summed E-state index contributed by atoms with van der Waals surface area (Å²) < 4.78 is 5.22. The minimum Gasteiger partial charge on any atom is -0.496 e. The lowest BCUT2D eigenvalue weighted by atomic mass is 9.88. The second-order valence-electron chi connectivity index (χ2n) is 6.13. The molecular weight excluding hydrogens is 318 g/mol. The number of rotatable bonds is 6. The molecule has 1 unspecified atom stereocenters. The van der Waals surface area contributed by atoms with E-state index in [1.54, 1.807) is 47.4 Å². The molecule has 1 N–H and O–H groups in total. The summed E-state index contributed by atoms with van der Waals surface area (Å²) in [7, 11) is 1.49. The maximum Gasteiger partial charge on any atom is 0.264 e. The molecule has 0 saturated carbocycles. The van der Waals surface area contributed by atoms with Gasteiger partial charge in [0.15, 0.2) is 11.4 Å². The zero-order chi connectivity index (χ0) is 18.0. The molecule has 3 rings (SSSR count). The van der Waals surface area contributed by atoms with E-state index in [-0.39, 0.29) is 12.2 Å². The average Bonchev–Trinajstić information content (AvgIpc) is 2.84. The Morgan fingerprint density at radius 1 is 1.16 bits per heavy atom. The highest BCUT2D eigenvalue weighted by molar-refractivity contribution is 6.11. The van der Waals surface area contributed by atoms with Crippen molar-refractivity contribution in [1.82, 2.24) is 0 Å². The molecule has 1 heterocycles. The van der Waals surface area contributed by atoms with Crippen molar-refractivity contribution in [3.63, 3.8) is 0 Å². The van der Waals surface area contributed by atoms with Crippen molar-refractivity contribution in [2.45, 2.75) is 25.4 Å². The van der Waals surface area contributed by atoms with E-state index in [2.05, 4.69) is 0 Å². The molecular formula is C20H21NO4. The number of ether oxygens (including phenoxy) is 1. The second-order valence-corrected chi connectivity index (χ2v) is 6.13. The fourth-order valence-corrected chi connectivity index (χ4v) is 3.33. The third-order valence-corrected chi connectivity index (χ3v) is 4.51. The number of nitrogens with zero attached hydrogens (tertiary/aromatic N) is 1. The van der Waals surface area contributed by atoms with E-state index in [1.165, 1.54) is 7.11 Å². The minimum atomic E-state index is -1.84. The first kappa shape index (κ1) is 17.2. The van der Waals surface area contributed by atoms with Gasteiger partial charge in [0.2, 0.25) is 0 Å². The molecule has 5 heteroatoms. The van der Waals surface area contributed by atoms with Crippen LogP contribution in [0.1, 0.15) is 35.7 Å². The molecule has 1 atom stereocenters. The van der Waals surface area contributed by atoms with Gasteiger partial charge in [-0.3, -0.25) is 9.59 Å². The second kappa shape index (κ2) is 6.69. The normalized spacial score (nSPS) is 19.0. The molecule has 0 radical (unpaired) electrons. The molecule has 1 aliphatic heterocycles. The summed E-state index contributed by atoms with van der Waals surface area (Å²) in [6.07, 6.45) is 0.444.